The summed E-state index contributed by atoms with van der Waals surface area (Å²) in [6.07, 6.45) is 4.77. The quantitative estimate of drug-likeness (QED) is 0.397. The summed E-state index contributed by atoms with van der Waals surface area (Å²) in [4.78, 5) is 10.8. The van der Waals surface area contributed by atoms with Crippen LogP contribution < -0.4 is 11.3 Å². The van der Waals surface area contributed by atoms with Crippen molar-refractivity contribution in [3.63, 3.8) is 0 Å². The number of hydrogen-bond donors (Lipinski definition) is 2. The van der Waals surface area contributed by atoms with Gasteiger partial charge >= 0.3 is 0 Å². The van der Waals surface area contributed by atoms with Crippen LogP contribution in [0.4, 0.5) is 0 Å². The maximum atomic E-state index is 10.8. The molecule has 0 aliphatic carbocycles. The number of aromatic nitrogens is 2. The molecule has 1 aromatic heterocycles. The Labute approximate surface area is 76.9 Å². The van der Waals surface area contributed by atoms with Gasteiger partial charge in [0.1, 0.15) is 0 Å². The first-order chi connectivity index (χ1) is 6.24. The molecule has 0 spiro atoms. The van der Waals surface area contributed by atoms with Gasteiger partial charge in [0.25, 0.3) is 0 Å². The number of carbonyl (C=O) groups excluding carboxylic acids is 1. The van der Waals surface area contributed by atoms with Crippen molar-refractivity contribution in [3.05, 3.63) is 18.5 Å². The molecule has 1 amide bonds. The second-order valence-electron chi connectivity index (χ2n) is 2.94. The SMILES string of the molecule is CC(CCC(=O)NN)n1cccn1. The van der Waals surface area contributed by atoms with Crippen LogP contribution in [0.1, 0.15) is 25.8 Å². The summed E-state index contributed by atoms with van der Waals surface area (Å²) in [5.41, 5.74) is 2.10. The normalized spacial score (nSPS) is 12.5. The first-order valence-electron chi connectivity index (χ1n) is 4.22. The second-order valence-corrected chi connectivity index (χ2v) is 2.94. The van der Waals surface area contributed by atoms with E-state index in [0.717, 1.165) is 6.42 Å². The molecular weight excluding hydrogens is 168 g/mol. The predicted molar refractivity (Wildman–Crippen MR) is 48.5 cm³/mol. The van der Waals surface area contributed by atoms with Gasteiger partial charge in [-0.05, 0) is 19.4 Å². The maximum Gasteiger partial charge on any atom is 0.233 e. The number of amides is 1. The zero-order chi connectivity index (χ0) is 9.68. The van der Waals surface area contributed by atoms with Crippen LogP contribution >= 0.6 is 0 Å². The molecular formula is C8H14N4O. The van der Waals surface area contributed by atoms with Crippen LogP contribution in [0.5, 0.6) is 0 Å². The number of nitrogens with one attached hydrogen (secondary N) is 1. The first kappa shape index (κ1) is 9.73. The minimum atomic E-state index is -0.140. The molecule has 1 aromatic rings. The largest absolute Gasteiger partial charge is 0.294 e. The Balaban J connectivity index is 2.34. The minimum absolute atomic E-state index is 0.140. The van der Waals surface area contributed by atoms with Crippen molar-refractivity contribution < 1.29 is 4.79 Å². The topological polar surface area (TPSA) is 72.9 Å². The fourth-order valence-corrected chi connectivity index (χ4v) is 1.09. The maximum absolute atomic E-state index is 10.8. The summed E-state index contributed by atoms with van der Waals surface area (Å²) in [6.45, 7) is 2.01. The third-order valence-corrected chi connectivity index (χ3v) is 1.93. The lowest BCUT2D eigenvalue weighted by molar-refractivity contribution is -0.121. The summed E-state index contributed by atoms with van der Waals surface area (Å²) in [5, 5.41) is 4.07. The van der Waals surface area contributed by atoms with E-state index < -0.39 is 0 Å². The lowest BCUT2D eigenvalue weighted by atomic mass is 10.2. The van der Waals surface area contributed by atoms with Gasteiger partial charge in [-0.1, -0.05) is 0 Å². The molecule has 0 bridgehead atoms. The van der Waals surface area contributed by atoms with Crippen molar-refractivity contribution in [2.24, 2.45) is 5.84 Å². The molecule has 13 heavy (non-hydrogen) atoms. The summed E-state index contributed by atoms with van der Waals surface area (Å²) in [5.74, 6) is 4.82. The number of nitrogens with zero attached hydrogens (tertiary/aromatic N) is 2. The average molecular weight is 182 g/mol. The van der Waals surface area contributed by atoms with Gasteiger partial charge in [-0.2, -0.15) is 5.10 Å². The van der Waals surface area contributed by atoms with Gasteiger partial charge in [0.05, 0.1) is 0 Å². The molecule has 1 unspecified atom stereocenters. The first-order valence-corrected chi connectivity index (χ1v) is 4.22. The van der Waals surface area contributed by atoms with E-state index in [0.29, 0.717) is 6.42 Å². The second kappa shape index (κ2) is 4.61. The Hall–Kier alpha value is -1.36. The van der Waals surface area contributed by atoms with E-state index in [1.54, 1.807) is 6.20 Å². The van der Waals surface area contributed by atoms with Crippen LogP contribution in [0.15, 0.2) is 18.5 Å². The molecule has 5 heteroatoms. The molecule has 1 atom stereocenters. The van der Waals surface area contributed by atoms with Gasteiger partial charge in [-0.25, -0.2) is 5.84 Å². The van der Waals surface area contributed by atoms with Crippen LogP contribution in [0.25, 0.3) is 0 Å². The molecule has 0 aliphatic rings. The summed E-state index contributed by atoms with van der Waals surface area (Å²) in [6, 6.07) is 2.09. The van der Waals surface area contributed by atoms with E-state index in [-0.39, 0.29) is 11.9 Å². The molecule has 1 heterocycles. The van der Waals surface area contributed by atoms with Crippen LogP contribution in [-0.2, 0) is 4.79 Å². The van der Waals surface area contributed by atoms with Crippen LogP contribution in [-0.4, -0.2) is 15.7 Å². The summed E-state index contributed by atoms with van der Waals surface area (Å²) in [7, 11) is 0. The van der Waals surface area contributed by atoms with E-state index >= 15 is 0 Å². The van der Waals surface area contributed by atoms with Gasteiger partial charge in [-0.15, -0.1) is 0 Å². The number of carbonyl (C=O) groups is 1. The standard InChI is InChI=1S/C8H14N4O/c1-7(3-4-8(13)11-9)12-6-2-5-10-12/h2,5-7H,3-4,9H2,1H3,(H,11,13). The molecule has 0 aliphatic heterocycles. The van der Waals surface area contributed by atoms with Crippen molar-refractivity contribution >= 4 is 5.91 Å². The van der Waals surface area contributed by atoms with Crippen molar-refractivity contribution in [1.82, 2.24) is 15.2 Å². The van der Waals surface area contributed by atoms with Gasteiger partial charge in [-0.3, -0.25) is 14.9 Å². The number of hydrogen-bond acceptors (Lipinski definition) is 3. The van der Waals surface area contributed by atoms with Gasteiger partial charge in [0.2, 0.25) is 5.91 Å². The highest BCUT2D eigenvalue weighted by atomic mass is 16.2. The Morgan fingerprint density at radius 2 is 2.54 bits per heavy atom. The average Bonchev–Trinajstić information content (AvgIpc) is 2.66. The molecule has 0 saturated carbocycles. The van der Waals surface area contributed by atoms with Crippen molar-refractivity contribution in [2.75, 3.05) is 0 Å². The molecule has 0 fully saturated rings. The fraction of sp³-hybridized carbons (Fsp3) is 0.500. The third-order valence-electron chi connectivity index (χ3n) is 1.93. The molecule has 0 saturated heterocycles. The Bertz CT molecular complexity index is 257. The molecule has 3 N–H and O–H groups in total. The number of nitrogens with two attached hydrogens (primary N) is 1. The highest BCUT2D eigenvalue weighted by Gasteiger charge is 2.06. The summed E-state index contributed by atoms with van der Waals surface area (Å²) >= 11 is 0. The minimum Gasteiger partial charge on any atom is -0.294 e. The van der Waals surface area contributed by atoms with E-state index in [9.17, 15) is 4.79 Å². The lowest BCUT2D eigenvalue weighted by Gasteiger charge is -2.10. The zero-order valence-electron chi connectivity index (χ0n) is 7.60. The number of rotatable bonds is 4. The molecule has 5 nitrogen and oxygen atoms in total. The zero-order valence-corrected chi connectivity index (χ0v) is 7.60. The van der Waals surface area contributed by atoms with Crippen LogP contribution in [0, 0.1) is 0 Å². The predicted octanol–water partition coefficient (Wildman–Crippen LogP) is 0.214. The van der Waals surface area contributed by atoms with Gasteiger partial charge in [0, 0.05) is 24.9 Å². The van der Waals surface area contributed by atoms with Crippen molar-refractivity contribution in [3.8, 4) is 0 Å². The summed E-state index contributed by atoms with van der Waals surface area (Å²) < 4.78 is 1.82. The van der Waals surface area contributed by atoms with Gasteiger partial charge < -0.3 is 0 Å². The molecule has 0 radical (unpaired) electrons. The van der Waals surface area contributed by atoms with Crippen molar-refractivity contribution in [1.29, 1.82) is 0 Å². The lowest BCUT2D eigenvalue weighted by Crippen LogP contribution is -2.30. The smallest absolute Gasteiger partial charge is 0.233 e. The fourth-order valence-electron chi connectivity index (χ4n) is 1.09. The Morgan fingerprint density at radius 1 is 1.77 bits per heavy atom. The van der Waals surface area contributed by atoms with E-state index in [1.165, 1.54) is 0 Å². The highest BCUT2D eigenvalue weighted by molar-refractivity contribution is 5.75. The number of hydrazine groups is 1. The highest BCUT2D eigenvalue weighted by Crippen LogP contribution is 2.10. The monoisotopic (exact) mass is 182 g/mol. The van der Waals surface area contributed by atoms with E-state index in [1.807, 2.05) is 23.9 Å². The third kappa shape index (κ3) is 2.87. The molecule has 72 valence electrons. The Kier molecular flexibility index (Phi) is 3.45. The molecule has 0 aromatic carbocycles. The Morgan fingerprint density at radius 3 is 3.08 bits per heavy atom. The van der Waals surface area contributed by atoms with E-state index in [2.05, 4.69) is 10.5 Å². The van der Waals surface area contributed by atoms with Crippen LogP contribution in [0.3, 0.4) is 0 Å². The van der Waals surface area contributed by atoms with E-state index in [4.69, 9.17) is 5.84 Å². The molecule has 1 rings (SSSR count). The van der Waals surface area contributed by atoms with Gasteiger partial charge in [0.15, 0.2) is 0 Å². The van der Waals surface area contributed by atoms with Crippen molar-refractivity contribution in [2.45, 2.75) is 25.8 Å². The van der Waals surface area contributed by atoms with Crippen LogP contribution in [0.2, 0.25) is 0 Å².